The average molecular weight is 296 g/mol. The predicted molar refractivity (Wildman–Crippen MR) is 85.3 cm³/mol. The summed E-state index contributed by atoms with van der Waals surface area (Å²) in [4.78, 5) is 14.4. The van der Waals surface area contributed by atoms with E-state index in [-0.39, 0.29) is 6.09 Å². The first kappa shape index (κ1) is 16.6. The molecule has 0 aromatic carbocycles. The zero-order chi connectivity index (χ0) is 15.5. The molecule has 4 heteroatoms. The minimum atomic E-state index is -0.411. The lowest BCUT2D eigenvalue weighted by Gasteiger charge is -2.32. The molecular weight excluding hydrogens is 264 g/mol. The number of likely N-dealkylation sites (tertiary alicyclic amines) is 1. The van der Waals surface area contributed by atoms with Crippen molar-refractivity contribution in [2.24, 2.45) is 11.8 Å². The second-order valence-electron chi connectivity index (χ2n) is 8.03. The van der Waals surface area contributed by atoms with Crippen LogP contribution in [0.3, 0.4) is 0 Å². The number of ether oxygens (including phenoxy) is 1. The summed E-state index contributed by atoms with van der Waals surface area (Å²) in [6, 6.07) is 0.298. The Kier molecular flexibility index (Phi) is 5.53. The summed E-state index contributed by atoms with van der Waals surface area (Å²) in [6.45, 7) is 11.8. The van der Waals surface area contributed by atoms with E-state index in [0.29, 0.717) is 6.04 Å². The second kappa shape index (κ2) is 6.99. The van der Waals surface area contributed by atoms with Crippen LogP contribution in [-0.4, -0.2) is 42.3 Å². The van der Waals surface area contributed by atoms with Crippen LogP contribution >= 0.6 is 0 Å². The Hall–Kier alpha value is -0.770. The van der Waals surface area contributed by atoms with Crippen LogP contribution in [0.4, 0.5) is 4.79 Å². The number of hydrogen-bond donors (Lipinski definition) is 1. The molecule has 3 atom stereocenters. The fourth-order valence-corrected chi connectivity index (χ4v) is 3.66. The molecule has 0 spiro atoms. The fraction of sp³-hybridized carbons (Fsp3) is 0.941. The third-order valence-electron chi connectivity index (χ3n) is 4.52. The molecule has 1 heterocycles. The van der Waals surface area contributed by atoms with Crippen LogP contribution in [0.5, 0.6) is 0 Å². The highest BCUT2D eigenvalue weighted by Gasteiger charge is 2.29. The molecule has 1 amide bonds. The van der Waals surface area contributed by atoms with E-state index in [0.717, 1.165) is 24.7 Å². The number of nitrogens with zero attached hydrogens (tertiary/aromatic N) is 1. The lowest BCUT2D eigenvalue weighted by atomic mass is 9.98. The van der Waals surface area contributed by atoms with Crippen molar-refractivity contribution in [1.82, 2.24) is 10.2 Å². The summed E-state index contributed by atoms with van der Waals surface area (Å²) in [5, 5.41) is 3.03. The van der Waals surface area contributed by atoms with Gasteiger partial charge in [0.2, 0.25) is 0 Å². The highest BCUT2D eigenvalue weighted by Crippen LogP contribution is 2.28. The van der Waals surface area contributed by atoms with Gasteiger partial charge < -0.3 is 15.0 Å². The smallest absolute Gasteiger partial charge is 0.407 e. The number of piperidine rings is 1. The Morgan fingerprint density at radius 3 is 2.71 bits per heavy atom. The van der Waals surface area contributed by atoms with Gasteiger partial charge in [-0.1, -0.05) is 6.92 Å². The molecule has 2 rings (SSSR count). The van der Waals surface area contributed by atoms with Gasteiger partial charge in [-0.2, -0.15) is 0 Å². The van der Waals surface area contributed by atoms with E-state index in [9.17, 15) is 4.79 Å². The van der Waals surface area contributed by atoms with Crippen molar-refractivity contribution in [1.29, 1.82) is 0 Å². The number of amides is 1. The first-order valence-electron chi connectivity index (χ1n) is 8.53. The Balaban J connectivity index is 1.69. The predicted octanol–water partition coefficient (Wildman–Crippen LogP) is 3.41. The molecule has 1 saturated heterocycles. The fourth-order valence-electron chi connectivity index (χ4n) is 3.66. The van der Waals surface area contributed by atoms with Crippen LogP contribution in [0.15, 0.2) is 0 Å². The van der Waals surface area contributed by atoms with Gasteiger partial charge in [-0.05, 0) is 71.3 Å². The number of alkyl carbamates (subject to hydrolysis) is 1. The molecule has 0 radical (unpaired) electrons. The van der Waals surface area contributed by atoms with Crippen molar-refractivity contribution in [3.8, 4) is 0 Å². The molecule has 1 unspecified atom stereocenters. The van der Waals surface area contributed by atoms with Crippen LogP contribution in [0.2, 0.25) is 0 Å². The summed E-state index contributed by atoms with van der Waals surface area (Å²) in [5.41, 5.74) is -0.411. The Bertz CT molecular complexity index is 351. The summed E-state index contributed by atoms with van der Waals surface area (Å²) in [7, 11) is 0. The third-order valence-corrected chi connectivity index (χ3v) is 4.52. The summed E-state index contributed by atoms with van der Waals surface area (Å²) >= 11 is 0. The molecule has 2 fully saturated rings. The van der Waals surface area contributed by atoms with Gasteiger partial charge in [0.05, 0.1) is 0 Å². The maximum absolute atomic E-state index is 11.8. The van der Waals surface area contributed by atoms with Gasteiger partial charge in [0.1, 0.15) is 5.60 Å². The monoisotopic (exact) mass is 296 g/mol. The zero-order valence-electron chi connectivity index (χ0n) is 14.2. The number of carbonyl (C=O) groups is 1. The average Bonchev–Trinajstić information content (AvgIpc) is 2.73. The molecule has 1 aliphatic carbocycles. The molecule has 1 aliphatic heterocycles. The topological polar surface area (TPSA) is 41.6 Å². The van der Waals surface area contributed by atoms with E-state index in [2.05, 4.69) is 17.1 Å². The Morgan fingerprint density at radius 2 is 2.05 bits per heavy atom. The summed E-state index contributed by atoms with van der Waals surface area (Å²) < 4.78 is 5.34. The minimum absolute atomic E-state index is 0.264. The molecule has 122 valence electrons. The Labute approximate surface area is 129 Å². The van der Waals surface area contributed by atoms with Crippen molar-refractivity contribution < 1.29 is 9.53 Å². The number of hydrogen-bond acceptors (Lipinski definition) is 3. The van der Waals surface area contributed by atoms with Crippen LogP contribution in [-0.2, 0) is 4.74 Å². The normalized spacial score (nSPS) is 31.1. The van der Waals surface area contributed by atoms with Gasteiger partial charge in [-0.3, -0.25) is 0 Å². The van der Waals surface area contributed by atoms with E-state index in [1.54, 1.807) is 0 Å². The van der Waals surface area contributed by atoms with Gasteiger partial charge in [0.15, 0.2) is 0 Å². The standard InChI is InChI=1S/C17H32N2O2/c1-13-6-5-9-19(11-13)12-14-7-8-15(10-14)18-16(20)21-17(2,3)4/h13-15H,5-12H2,1-4H3,(H,18,20)/t13?,14-,15+/m0/s1. The highest BCUT2D eigenvalue weighted by molar-refractivity contribution is 5.68. The lowest BCUT2D eigenvalue weighted by molar-refractivity contribution is 0.0504. The van der Waals surface area contributed by atoms with Crippen LogP contribution < -0.4 is 5.32 Å². The second-order valence-corrected chi connectivity index (χ2v) is 8.03. The van der Waals surface area contributed by atoms with Crippen molar-refractivity contribution in [3.05, 3.63) is 0 Å². The largest absolute Gasteiger partial charge is 0.444 e. The van der Waals surface area contributed by atoms with Crippen molar-refractivity contribution in [2.75, 3.05) is 19.6 Å². The van der Waals surface area contributed by atoms with Crippen molar-refractivity contribution in [3.63, 3.8) is 0 Å². The van der Waals surface area contributed by atoms with Crippen LogP contribution in [0.1, 0.15) is 59.8 Å². The van der Waals surface area contributed by atoms with Crippen LogP contribution in [0.25, 0.3) is 0 Å². The van der Waals surface area contributed by atoms with Crippen molar-refractivity contribution in [2.45, 2.75) is 71.4 Å². The van der Waals surface area contributed by atoms with E-state index < -0.39 is 5.60 Å². The molecule has 21 heavy (non-hydrogen) atoms. The maximum atomic E-state index is 11.8. The Morgan fingerprint density at radius 1 is 1.29 bits per heavy atom. The van der Waals surface area contributed by atoms with Crippen molar-refractivity contribution >= 4 is 6.09 Å². The minimum Gasteiger partial charge on any atom is -0.444 e. The number of rotatable bonds is 3. The maximum Gasteiger partial charge on any atom is 0.407 e. The molecule has 2 aliphatic rings. The summed E-state index contributed by atoms with van der Waals surface area (Å²) in [6.07, 6.45) is 5.87. The number of nitrogens with one attached hydrogen (secondary N) is 1. The molecular formula is C17H32N2O2. The molecule has 4 nitrogen and oxygen atoms in total. The number of carbonyl (C=O) groups excluding carboxylic acids is 1. The summed E-state index contributed by atoms with van der Waals surface area (Å²) in [5.74, 6) is 1.58. The van der Waals surface area contributed by atoms with E-state index in [1.165, 1.54) is 38.9 Å². The first-order chi connectivity index (χ1) is 9.82. The first-order valence-corrected chi connectivity index (χ1v) is 8.53. The van der Waals surface area contributed by atoms with Gasteiger partial charge in [0.25, 0.3) is 0 Å². The molecule has 0 aromatic heterocycles. The van der Waals surface area contributed by atoms with Crippen LogP contribution in [0, 0.1) is 11.8 Å². The van der Waals surface area contributed by atoms with E-state index in [4.69, 9.17) is 4.74 Å². The molecule has 1 saturated carbocycles. The van der Waals surface area contributed by atoms with Gasteiger partial charge in [0, 0.05) is 19.1 Å². The van der Waals surface area contributed by atoms with E-state index >= 15 is 0 Å². The third kappa shape index (κ3) is 5.85. The van der Waals surface area contributed by atoms with Gasteiger partial charge >= 0.3 is 6.09 Å². The molecule has 0 aromatic rings. The van der Waals surface area contributed by atoms with Gasteiger partial charge in [-0.15, -0.1) is 0 Å². The van der Waals surface area contributed by atoms with E-state index in [1.807, 2.05) is 20.8 Å². The highest BCUT2D eigenvalue weighted by atomic mass is 16.6. The molecule has 1 N–H and O–H groups in total. The lowest BCUT2D eigenvalue weighted by Crippen LogP contribution is -2.39. The van der Waals surface area contributed by atoms with Gasteiger partial charge in [-0.25, -0.2) is 4.79 Å². The zero-order valence-corrected chi connectivity index (χ0v) is 14.2. The molecule has 0 bridgehead atoms. The SMILES string of the molecule is CC1CCCN(C[C@H]2CC[C@@H](NC(=O)OC(C)(C)C)C2)C1. The quantitative estimate of drug-likeness (QED) is 0.867.